The van der Waals surface area contributed by atoms with E-state index >= 15 is 0 Å². The molecule has 0 unspecified atom stereocenters. The number of nitrogens with zero attached hydrogens (tertiary/aromatic N) is 3. The van der Waals surface area contributed by atoms with Crippen LogP contribution in [-0.2, 0) is 13.5 Å². The summed E-state index contributed by atoms with van der Waals surface area (Å²) < 4.78 is 13.0. The van der Waals surface area contributed by atoms with Gasteiger partial charge in [-0.3, -0.25) is 9.48 Å². The molecule has 1 amide bonds. The predicted octanol–water partition coefficient (Wildman–Crippen LogP) is 2.90. The van der Waals surface area contributed by atoms with Crippen molar-refractivity contribution in [2.75, 3.05) is 19.8 Å². The van der Waals surface area contributed by atoms with Gasteiger partial charge in [0.15, 0.2) is 17.1 Å². The van der Waals surface area contributed by atoms with Crippen molar-refractivity contribution in [3.8, 4) is 11.5 Å². The van der Waals surface area contributed by atoms with Crippen LogP contribution in [0.3, 0.4) is 0 Å². The zero-order valence-corrected chi connectivity index (χ0v) is 16.7. The van der Waals surface area contributed by atoms with Gasteiger partial charge in [0.1, 0.15) is 13.2 Å². The summed E-state index contributed by atoms with van der Waals surface area (Å²) in [6, 6.07) is 7.88. The van der Waals surface area contributed by atoms with Crippen LogP contribution in [0.15, 0.2) is 24.3 Å². The summed E-state index contributed by atoms with van der Waals surface area (Å²) in [4.78, 5) is 17.8. The standard InChI is InChI=1S/C22H24N4O3/c1-13-20-16(12-17(15-4-5-15)24-21(20)26(2)25-13)22(27)23-8-7-14-3-6-18-19(11-14)29-10-9-28-18/h3,6,11-12,15H,4-5,7-10H2,1-2H3,(H,23,27). The lowest BCUT2D eigenvalue weighted by atomic mass is 10.1. The highest BCUT2D eigenvalue weighted by Gasteiger charge is 2.28. The molecule has 7 heteroatoms. The van der Waals surface area contributed by atoms with E-state index in [0.717, 1.165) is 58.7 Å². The smallest absolute Gasteiger partial charge is 0.252 e. The first-order valence-corrected chi connectivity index (χ1v) is 10.1. The number of carbonyl (C=O) groups excluding carboxylic acids is 1. The van der Waals surface area contributed by atoms with Crippen LogP contribution in [0.4, 0.5) is 0 Å². The number of ether oxygens (including phenoxy) is 2. The average molecular weight is 392 g/mol. The second kappa shape index (κ2) is 7.06. The third-order valence-electron chi connectivity index (χ3n) is 5.53. The van der Waals surface area contributed by atoms with Crippen molar-refractivity contribution in [1.82, 2.24) is 20.1 Å². The van der Waals surface area contributed by atoms with Crippen molar-refractivity contribution < 1.29 is 14.3 Å². The van der Waals surface area contributed by atoms with Gasteiger partial charge in [-0.25, -0.2) is 4.98 Å². The molecule has 3 heterocycles. The Hall–Kier alpha value is -3.09. The van der Waals surface area contributed by atoms with E-state index in [0.29, 0.717) is 31.2 Å². The molecular formula is C22H24N4O3. The quantitative estimate of drug-likeness (QED) is 0.722. The first-order valence-electron chi connectivity index (χ1n) is 10.1. The lowest BCUT2D eigenvalue weighted by Crippen LogP contribution is -2.26. The van der Waals surface area contributed by atoms with Crippen molar-refractivity contribution >= 4 is 16.9 Å². The van der Waals surface area contributed by atoms with Gasteiger partial charge in [0.05, 0.1) is 16.6 Å². The Morgan fingerprint density at radius 2 is 2.00 bits per heavy atom. The molecule has 3 aromatic rings. The third kappa shape index (κ3) is 3.41. The van der Waals surface area contributed by atoms with Gasteiger partial charge in [-0.2, -0.15) is 5.10 Å². The zero-order valence-electron chi connectivity index (χ0n) is 16.7. The highest BCUT2D eigenvalue weighted by Crippen LogP contribution is 2.40. The number of hydrogen-bond acceptors (Lipinski definition) is 5. The molecule has 0 spiro atoms. The zero-order chi connectivity index (χ0) is 20.0. The fraction of sp³-hybridized carbons (Fsp3) is 0.409. The monoisotopic (exact) mass is 392 g/mol. The summed E-state index contributed by atoms with van der Waals surface area (Å²) in [6.07, 6.45) is 3.00. The van der Waals surface area contributed by atoms with Crippen LogP contribution in [0, 0.1) is 6.92 Å². The topological polar surface area (TPSA) is 78.3 Å². The number of carbonyl (C=O) groups is 1. The summed E-state index contributed by atoms with van der Waals surface area (Å²) in [5.41, 5.74) is 4.38. The molecular weight excluding hydrogens is 368 g/mol. The minimum Gasteiger partial charge on any atom is -0.486 e. The van der Waals surface area contributed by atoms with E-state index in [1.165, 1.54) is 0 Å². The van der Waals surface area contributed by atoms with Gasteiger partial charge in [-0.15, -0.1) is 0 Å². The van der Waals surface area contributed by atoms with E-state index in [4.69, 9.17) is 14.5 Å². The molecule has 7 nitrogen and oxygen atoms in total. The van der Waals surface area contributed by atoms with E-state index in [2.05, 4.69) is 10.4 Å². The molecule has 0 bridgehead atoms. The lowest BCUT2D eigenvalue weighted by molar-refractivity contribution is 0.0955. The van der Waals surface area contributed by atoms with E-state index in [9.17, 15) is 4.79 Å². The normalized spacial score (nSPS) is 15.5. The molecule has 5 rings (SSSR count). The number of hydrogen-bond donors (Lipinski definition) is 1. The minimum absolute atomic E-state index is 0.0760. The number of pyridine rings is 1. The third-order valence-corrected chi connectivity index (χ3v) is 5.53. The van der Waals surface area contributed by atoms with Gasteiger partial charge in [-0.1, -0.05) is 6.07 Å². The summed E-state index contributed by atoms with van der Waals surface area (Å²) in [7, 11) is 1.88. The first-order chi connectivity index (χ1) is 14.1. The molecule has 29 heavy (non-hydrogen) atoms. The number of fused-ring (bicyclic) bond motifs is 2. The molecule has 2 aliphatic rings. The van der Waals surface area contributed by atoms with Gasteiger partial charge in [0, 0.05) is 25.2 Å². The average Bonchev–Trinajstić information content (AvgIpc) is 3.54. The molecule has 0 atom stereocenters. The fourth-order valence-corrected chi connectivity index (χ4v) is 3.89. The maximum absolute atomic E-state index is 13.0. The van der Waals surface area contributed by atoms with Crippen molar-refractivity contribution in [3.63, 3.8) is 0 Å². The van der Waals surface area contributed by atoms with Crippen molar-refractivity contribution in [3.05, 3.63) is 46.8 Å². The first kappa shape index (κ1) is 18.0. The highest BCUT2D eigenvalue weighted by atomic mass is 16.6. The molecule has 1 aliphatic heterocycles. The Bertz CT molecular complexity index is 1100. The second-order valence-electron chi connectivity index (χ2n) is 7.76. The largest absolute Gasteiger partial charge is 0.486 e. The van der Waals surface area contributed by atoms with Crippen LogP contribution in [0.2, 0.25) is 0 Å². The molecule has 1 aromatic carbocycles. The van der Waals surface area contributed by atoms with E-state index in [-0.39, 0.29) is 5.91 Å². The highest BCUT2D eigenvalue weighted by molar-refractivity contribution is 6.06. The molecule has 150 valence electrons. The molecule has 1 aliphatic carbocycles. The number of rotatable bonds is 5. The maximum Gasteiger partial charge on any atom is 0.252 e. The van der Waals surface area contributed by atoms with E-state index < -0.39 is 0 Å². The molecule has 2 aromatic heterocycles. The minimum atomic E-state index is -0.0760. The van der Waals surface area contributed by atoms with Gasteiger partial charge in [-0.05, 0) is 49.9 Å². The van der Waals surface area contributed by atoms with E-state index in [1.54, 1.807) is 4.68 Å². The van der Waals surface area contributed by atoms with Gasteiger partial charge in [0.25, 0.3) is 5.91 Å². The van der Waals surface area contributed by atoms with Crippen LogP contribution >= 0.6 is 0 Å². The Labute approximate surface area is 169 Å². The number of amides is 1. The maximum atomic E-state index is 13.0. The van der Waals surface area contributed by atoms with Crippen LogP contribution in [0.1, 0.15) is 46.1 Å². The summed E-state index contributed by atoms with van der Waals surface area (Å²) in [5.74, 6) is 1.95. The number of aryl methyl sites for hydroxylation is 2. The molecule has 0 radical (unpaired) electrons. The summed E-state index contributed by atoms with van der Waals surface area (Å²) >= 11 is 0. The van der Waals surface area contributed by atoms with Gasteiger partial charge in [0.2, 0.25) is 0 Å². The Kier molecular flexibility index (Phi) is 4.38. The SMILES string of the molecule is Cc1nn(C)c2nc(C3CC3)cc(C(=O)NCCc3ccc4c(c3)OCCO4)c12. The molecule has 0 saturated heterocycles. The van der Waals surface area contributed by atoms with Crippen LogP contribution in [-0.4, -0.2) is 40.4 Å². The molecule has 1 saturated carbocycles. The van der Waals surface area contributed by atoms with E-state index in [1.807, 2.05) is 38.2 Å². The van der Waals surface area contributed by atoms with Crippen LogP contribution < -0.4 is 14.8 Å². The number of aromatic nitrogens is 3. The molecule has 1 fully saturated rings. The van der Waals surface area contributed by atoms with Gasteiger partial charge < -0.3 is 14.8 Å². The molecule has 1 N–H and O–H groups in total. The Balaban J connectivity index is 1.34. The van der Waals surface area contributed by atoms with Crippen molar-refractivity contribution in [2.45, 2.75) is 32.1 Å². The number of benzene rings is 1. The van der Waals surface area contributed by atoms with Crippen LogP contribution in [0.5, 0.6) is 11.5 Å². The van der Waals surface area contributed by atoms with Crippen molar-refractivity contribution in [2.24, 2.45) is 7.05 Å². The predicted molar refractivity (Wildman–Crippen MR) is 109 cm³/mol. The Morgan fingerprint density at radius 1 is 1.21 bits per heavy atom. The van der Waals surface area contributed by atoms with Crippen molar-refractivity contribution in [1.29, 1.82) is 0 Å². The number of nitrogens with one attached hydrogen (secondary N) is 1. The lowest BCUT2D eigenvalue weighted by Gasteiger charge is -2.18. The Morgan fingerprint density at radius 3 is 2.79 bits per heavy atom. The second-order valence-corrected chi connectivity index (χ2v) is 7.76. The fourth-order valence-electron chi connectivity index (χ4n) is 3.89. The van der Waals surface area contributed by atoms with Crippen LogP contribution in [0.25, 0.3) is 11.0 Å². The van der Waals surface area contributed by atoms with Gasteiger partial charge >= 0.3 is 0 Å². The summed E-state index contributed by atoms with van der Waals surface area (Å²) in [6.45, 7) is 3.62. The summed E-state index contributed by atoms with van der Waals surface area (Å²) in [5, 5.41) is 8.38.